The summed E-state index contributed by atoms with van der Waals surface area (Å²) < 4.78 is 27.5. The van der Waals surface area contributed by atoms with Crippen LogP contribution in [0.3, 0.4) is 0 Å². The molecule has 7 heteroatoms. The number of hydrogen-bond donors (Lipinski definition) is 0. The molecule has 0 amide bonds. The minimum Gasteiger partial charge on any atom is -0.423 e. The lowest BCUT2D eigenvalue weighted by molar-refractivity contribution is -0.132. The molecule has 0 aromatic heterocycles. The molecule has 0 aliphatic rings. The fraction of sp³-hybridized carbons (Fsp3) is 0.0500. The van der Waals surface area contributed by atoms with E-state index in [4.69, 9.17) is 9.47 Å². The molecule has 0 aliphatic carbocycles. The van der Waals surface area contributed by atoms with Crippen molar-refractivity contribution in [2.45, 2.75) is 6.92 Å². The van der Waals surface area contributed by atoms with Gasteiger partial charge in [-0.1, -0.05) is 13.2 Å². The average Bonchev–Trinajstić information content (AvgIpc) is 2.63. The Balaban J connectivity index is 1.98. The third-order valence-electron chi connectivity index (χ3n) is 3.12. The second kappa shape index (κ2) is 8.57. The first-order chi connectivity index (χ1) is 12.8. The summed E-state index contributed by atoms with van der Waals surface area (Å²) in [4.78, 5) is 34.6. The highest BCUT2D eigenvalue weighted by Crippen LogP contribution is 2.20. The van der Waals surface area contributed by atoms with Gasteiger partial charge >= 0.3 is 17.9 Å². The van der Waals surface area contributed by atoms with Gasteiger partial charge < -0.3 is 14.2 Å². The van der Waals surface area contributed by atoms with Gasteiger partial charge in [-0.15, -0.1) is 0 Å². The summed E-state index contributed by atoms with van der Waals surface area (Å²) in [6.07, 6.45) is 0. The van der Waals surface area contributed by atoms with E-state index in [0.29, 0.717) is 0 Å². The van der Waals surface area contributed by atoms with Gasteiger partial charge in [0.25, 0.3) is 0 Å². The van der Waals surface area contributed by atoms with E-state index in [2.05, 4.69) is 17.9 Å². The molecule has 0 saturated carbocycles. The van der Waals surface area contributed by atoms with Crippen molar-refractivity contribution in [3.8, 4) is 17.2 Å². The predicted octanol–water partition coefficient (Wildman–Crippen LogP) is 3.78. The Morgan fingerprint density at radius 3 is 1.59 bits per heavy atom. The van der Waals surface area contributed by atoms with Gasteiger partial charge in [0.15, 0.2) is 0 Å². The molecule has 0 fully saturated rings. The first-order valence-electron chi connectivity index (χ1n) is 7.63. The van der Waals surface area contributed by atoms with Crippen LogP contribution in [0.25, 0.3) is 0 Å². The van der Waals surface area contributed by atoms with Crippen molar-refractivity contribution in [2.24, 2.45) is 0 Å². The van der Waals surface area contributed by atoms with Crippen molar-refractivity contribution in [1.29, 1.82) is 0 Å². The van der Waals surface area contributed by atoms with Crippen LogP contribution in [0.5, 0.6) is 17.2 Å². The zero-order chi connectivity index (χ0) is 20.0. The van der Waals surface area contributed by atoms with E-state index >= 15 is 0 Å². The maximum absolute atomic E-state index is 12.6. The van der Waals surface area contributed by atoms with E-state index in [-0.39, 0.29) is 28.4 Å². The number of carbonyl (C=O) groups excluding carboxylic acids is 3. The Morgan fingerprint density at radius 1 is 0.741 bits per heavy atom. The fourth-order valence-electron chi connectivity index (χ4n) is 1.76. The molecule has 0 unspecified atom stereocenters. The van der Waals surface area contributed by atoms with Gasteiger partial charge in [0, 0.05) is 5.57 Å². The molecule has 2 rings (SSSR count). The lowest BCUT2D eigenvalue weighted by atomic mass is 10.2. The third-order valence-corrected chi connectivity index (χ3v) is 3.12. The highest BCUT2D eigenvalue weighted by Gasteiger charge is 2.12. The van der Waals surface area contributed by atoms with Crippen molar-refractivity contribution in [3.05, 3.63) is 78.7 Å². The molecule has 0 atom stereocenters. The molecular formula is C20H15FO6. The quantitative estimate of drug-likeness (QED) is 0.437. The number of rotatable bonds is 6. The van der Waals surface area contributed by atoms with Crippen molar-refractivity contribution in [2.75, 3.05) is 0 Å². The summed E-state index contributed by atoms with van der Waals surface area (Å²) in [6.45, 7) is 7.83. The van der Waals surface area contributed by atoms with Gasteiger partial charge in [-0.05, 0) is 55.5 Å². The van der Waals surface area contributed by atoms with Crippen LogP contribution in [-0.2, 0) is 9.59 Å². The zero-order valence-electron chi connectivity index (χ0n) is 14.4. The highest BCUT2D eigenvalue weighted by atomic mass is 19.1. The van der Waals surface area contributed by atoms with E-state index < -0.39 is 23.7 Å². The summed E-state index contributed by atoms with van der Waals surface area (Å²) in [5, 5.41) is 0. The van der Waals surface area contributed by atoms with E-state index in [1.807, 2.05) is 0 Å². The highest BCUT2D eigenvalue weighted by molar-refractivity contribution is 5.92. The molecule has 0 radical (unpaired) electrons. The summed E-state index contributed by atoms with van der Waals surface area (Å²) in [6, 6.07) is 11.2. The SMILES string of the molecule is C=C(C)C(=O)Oc1ccc(OC(=O)c2ccc(OC(=O)C(=C)F)cc2)cc1. The summed E-state index contributed by atoms with van der Waals surface area (Å²) in [5.74, 6) is -3.08. The normalized spacial score (nSPS) is 9.85. The van der Waals surface area contributed by atoms with Crippen LogP contribution in [0.4, 0.5) is 4.39 Å². The summed E-state index contributed by atoms with van der Waals surface area (Å²) >= 11 is 0. The molecule has 0 aliphatic heterocycles. The Bertz CT molecular complexity index is 897. The Hall–Kier alpha value is -3.74. The van der Waals surface area contributed by atoms with Crippen LogP contribution >= 0.6 is 0 Å². The first kappa shape index (κ1) is 19.6. The molecule has 2 aromatic rings. The molecule has 0 N–H and O–H groups in total. The summed E-state index contributed by atoms with van der Waals surface area (Å²) in [5.41, 5.74) is 0.446. The lowest BCUT2D eigenvalue weighted by Gasteiger charge is -2.07. The number of ether oxygens (including phenoxy) is 3. The van der Waals surface area contributed by atoms with Crippen molar-refractivity contribution in [1.82, 2.24) is 0 Å². The maximum atomic E-state index is 12.6. The average molecular weight is 370 g/mol. The zero-order valence-corrected chi connectivity index (χ0v) is 14.4. The second-order valence-electron chi connectivity index (χ2n) is 5.35. The standard InChI is InChI=1S/C20H15FO6/c1-12(2)18(22)25-16-8-10-17(11-9-16)27-20(24)14-4-6-15(7-5-14)26-19(23)13(3)21/h4-11H,1,3H2,2H3. The molecule has 6 nitrogen and oxygen atoms in total. The van der Waals surface area contributed by atoms with E-state index in [9.17, 15) is 18.8 Å². The van der Waals surface area contributed by atoms with Crippen molar-refractivity contribution < 1.29 is 33.0 Å². The van der Waals surface area contributed by atoms with Crippen molar-refractivity contribution >= 4 is 17.9 Å². The largest absolute Gasteiger partial charge is 0.423 e. The Morgan fingerprint density at radius 2 is 1.15 bits per heavy atom. The minimum atomic E-state index is -1.23. The third kappa shape index (κ3) is 5.64. The van der Waals surface area contributed by atoms with E-state index in [1.165, 1.54) is 55.5 Å². The Kier molecular flexibility index (Phi) is 6.22. The summed E-state index contributed by atoms with van der Waals surface area (Å²) in [7, 11) is 0. The van der Waals surface area contributed by atoms with Gasteiger partial charge in [-0.3, -0.25) is 0 Å². The molecule has 0 saturated heterocycles. The van der Waals surface area contributed by atoms with E-state index in [0.717, 1.165) is 0 Å². The van der Waals surface area contributed by atoms with Gasteiger partial charge in [0.2, 0.25) is 5.83 Å². The predicted molar refractivity (Wildman–Crippen MR) is 94.2 cm³/mol. The molecule has 0 heterocycles. The van der Waals surface area contributed by atoms with Crippen LogP contribution in [0, 0.1) is 0 Å². The maximum Gasteiger partial charge on any atom is 0.371 e. The number of esters is 3. The molecule has 0 bridgehead atoms. The number of halogens is 1. The first-order valence-corrected chi connectivity index (χ1v) is 7.63. The van der Waals surface area contributed by atoms with Gasteiger partial charge in [-0.25, -0.2) is 14.4 Å². The monoisotopic (exact) mass is 370 g/mol. The van der Waals surface area contributed by atoms with Crippen LogP contribution in [0.2, 0.25) is 0 Å². The van der Waals surface area contributed by atoms with Crippen LogP contribution < -0.4 is 14.2 Å². The number of carbonyl (C=O) groups is 3. The Labute approximate surface area is 154 Å². The lowest BCUT2D eigenvalue weighted by Crippen LogP contribution is -2.10. The minimum absolute atomic E-state index is 0.0547. The molecule has 138 valence electrons. The molecule has 0 spiro atoms. The van der Waals surface area contributed by atoms with Crippen molar-refractivity contribution in [3.63, 3.8) is 0 Å². The number of benzene rings is 2. The van der Waals surface area contributed by atoms with Gasteiger partial charge in [-0.2, -0.15) is 4.39 Å². The van der Waals surface area contributed by atoms with Crippen LogP contribution in [0.1, 0.15) is 17.3 Å². The van der Waals surface area contributed by atoms with E-state index in [1.54, 1.807) is 0 Å². The van der Waals surface area contributed by atoms with Crippen LogP contribution in [0.15, 0.2) is 73.1 Å². The number of hydrogen-bond acceptors (Lipinski definition) is 6. The molecule has 2 aromatic carbocycles. The molecule has 27 heavy (non-hydrogen) atoms. The van der Waals surface area contributed by atoms with Crippen LogP contribution in [-0.4, -0.2) is 17.9 Å². The second-order valence-corrected chi connectivity index (χ2v) is 5.35. The fourth-order valence-corrected chi connectivity index (χ4v) is 1.76. The van der Waals surface area contributed by atoms with Gasteiger partial charge in [0.1, 0.15) is 17.2 Å². The van der Waals surface area contributed by atoms with Gasteiger partial charge in [0.05, 0.1) is 5.56 Å². The topological polar surface area (TPSA) is 78.9 Å². The smallest absolute Gasteiger partial charge is 0.371 e. The molecular weight excluding hydrogens is 355 g/mol.